The first-order valence-electron chi connectivity index (χ1n) is 5.40. The van der Waals surface area contributed by atoms with Crippen molar-refractivity contribution in [2.75, 3.05) is 13.7 Å². The van der Waals surface area contributed by atoms with Crippen molar-refractivity contribution in [2.45, 2.75) is 33.0 Å². The van der Waals surface area contributed by atoms with Gasteiger partial charge in [0, 0.05) is 25.8 Å². The van der Waals surface area contributed by atoms with Crippen LogP contribution in [0.4, 0.5) is 0 Å². The molecule has 0 aliphatic heterocycles. The minimum absolute atomic E-state index is 0.0507. The third-order valence-electron chi connectivity index (χ3n) is 2.28. The highest BCUT2D eigenvalue weighted by Gasteiger charge is 2.09. The molecule has 1 unspecified atom stereocenters. The van der Waals surface area contributed by atoms with Crippen molar-refractivity contribution in [3.05, 3.63) is 23.5 Å². The van der Waals surface area contributed by atoms with E-state index in [4.69, 9.17) is 14.6 Å². The average Bonchev–Trinajstić information content (AvgIpc) is 2.28. The van der Waals surface area contributed by atoms with Gasteiger partial charge in [0.25, 0.3) is 0 Å². The summed E-state index contributed by atoms with van der Waals surface area (Å²) < 4.78 is 10.7. The molecule has 1 atom stereocenters. The number of ether oxygens (including phenoxy) is 2. The number of methoxy groups -OCH3 is 1. The molecule has 16 heavy (non-hydrogen) atoms. The molecule has 0 aromatic carbocycles. The first-order chi connectivity index (χ1) is 7.67. The molecule has 0 aliphatic carbocycles. The SMILES string of the molecule is COCCC(C)Oc1ccc(C)nc1CO. The Hall–Kier alpha value is -1.13. The van der Waals surface area contributed by atoms with Crippen molar-refractivity contribution >= 4 is 0 Å². The van der Waals surface area contributed by atoms with E-state index < -0.39 is 0 Å². The number of nitrogens with zero attached hydrogens (tertiary/aromatic N) is 1. The normalized spacial score (nSPS) is 12.5. The standard InChI is InChI=1S/C12H19NO3/c1-9-4-5-12(11(8-14)13-9)16-10(2)6-7-15-3/h4-5,10,14H,6-8H2,1-3H3. The van der Waals surface area contributed by atoms with Crippen molar-refractivity contribution in [1.82, 2.24) is 4.98 Å². The van der Waals surface area contributed by atoms with Gasteiger partial charge in [-0.15, -0.1) is 0 Å². The summed E-state index contributed by atoms with van der Waals surface area (Å²) in [6.07, 6.45) is 0.865. The zero-order chi connectivity index (χ0) is 12.0. The predicted octanol–water partition coefficient (Wildman–Crippen LogP) is 1.69. The summed E-state index contributed by atoms with van der Waals surface area (Å²) in [4.78, 5) is 4.22. The molecular formula is C12H19NO3. The summed E-state index contributed by atoms with van der Waals surface area (Å²) in [5.41, 5.74) is 1.46. The van der Waals surface area contributed by atoms with Crippen molar-refractivity contribution in [3.63, 3.8) is 0 Å². The van der Waals surface area contributed by atoms with Gasteiger partial charge < -0.3 is 14.6 Å². The quantitative estimate of drug-likeness (QED) is 0.800. The van der Waals surface area contributed by atoms with Gasteiger partial charge in [0.05, 0.1) is 12.7 Å². The highest BCUT2D eigenvalue weighted by Crippen LogP contribution is 2.19. The van der Waals surface area contributed by atoms with Crippen LogP contribution in [0, 0.1) is 6.92 Å². The van der Waals surface area contributed by atoms with Gasteiger partial charge in [0.15, 0.2) is 0 Å². The lowest BCUT2D eigenvalue weighted by atomic mass is 10.2. The number of pyridine rings is 1. The van der Waals surface area contributed by atoms with Crippen LogP contribution in [-0.2, 0) is 11.3 Å². The molecule has 0 spiro atoms. The monoisotopic (exact) mass is 225 g/mol. The topological polar surface area (TPSA) is 51.6 Å². The molecule has 90 valence electrons. The second kappa shape index (κ2) is 6.45. The van der Waals surface area contributed by atoms with E-state index in [1.807, 2.05) is 26.0 Å². The number of rotatable bonds is 6. The fourth-order valence-corrected chi connectivity index (χ4v) is 1.38. The van der Waals surface area contributed by atoms with Crippen LogP contribution in [0.5, 0.6) is 5.75 Å². The molecule has 1 rings (SSSR count). The van der Waals surface area contributed by atoms with E-state index >= 15 is 0 Å². The maximum Gasteiger partial charge on any atom is 0.143 e. The number of aromatic nitrogens is 1. The van der Waals surface area contributed by atoms with E-state index in [0.29, 0.717) is 18.1 Å². The van der Waals surface area contributed by atoms with E-state index in [9.17, 15) is 0 Å². The molecule has 0 aliphatic rings. The molecule has 0 saturated heterocycles. The summed E-state index contributed by atoms with van der Waals surface area (Å²) in [7, 11) is 1.67. The Morgan fingerprint density at radius 1 is 1.44 bits per heavy atom. The zero-order valence-electron chi connectivity index (χ0n) is 10.1. The minimum atomic E-state index is -0.103. The van der Waals surface area contributed by atoms with Crippen molar-refractivity contribution in [2.24, 2.45) is 0 Å². The summed E-state index contributed by atoms with van der Waals surface area (Å²) in [5, 5.41) is 9.16. The Morgan fingerprint density at radius 3 is 2.81 bits per heavy atom. The molecule has 4 nitrogen and oxygen atoms in total. The largest absolute Gasteiger partial charge is 0.489 e. The van der Waals surface area contributed by atoms with E-state index in [0.717, 1.165) is 12.1 Å². The zero-order valence-corrected chi connectivity index (χ0v) is 10.1. The summed E-state index contributed by atoms with van der Waals surface area (Å²) in [5.74, 6) is 0.650. The third kappa shape index (κ3) is 3.79. The van der Waals surface area contributed by atoms with Gasteiger partial charge in [0.2, 0.25) is 0 Å². The maximum atomic E-state index is 9.16. The van der Waals surface area contributed by atoms with Gasteiger partial charge >= 0.3 is 0 Å². The lowest BCUT2D eigenvalue weighted by Gasteiger charge is -2.16. The first kappa shape index (κ1) is 12.9. The van der Waals surface area contributed by atoms with Crippen LogP contribution >= 0.6 is 0 Å². The number of aliphatic hydroxyl groups is 1. The van der Waals surface area contributed by atoms with Crippen molar-refractivity contribution in [1.29, 1.82) is 0 Å². The van der Waals surface area contributed by atoms with Crippen LogP contribution in [0.25, 0.3) is 0 Å². The van der Waals surface area contributed by atoms with Crippen LogP contribution in [-0.4, -0.2) is 29.9 Å². The Bertz CT molecular complexity index is 328. The van der Waals surface area contributed by atoms with Gasteiger partial charge in [-0.3, -0.25) is 4.98 Å². The highest BCUT2D eigenvalue weighted by atomic mass is 16.5. The van der Waals surface area contributed by atoms with Crippen LogP contribution in [0.1, 0.15) is 24.7 Å². The van der Waals surface area contributed by atoms with Gasteiger partial charge in [-0.2, -0.15) is 0 Å². The second-order valence-corrected chi connectivity index (χ2v) is 3.77. The molecule has 1 heterocycles. The van der Waals surface area contributed by atoms with E-state index in [2.05, 4.69) is 4.98 Å². The Labute approximate surface area is 96.2 Å². The predicted molar refractivity (Wildman–Crippen MR) is 61.5 cm³/mol. The average molecular weight is 225 g/mol. The van der Waals surface area contributed by atoms with Gasteiger partial charge in [-0.25, -0.2) is 0 Å². The van der Waals surface area contributed by atoms with E-state index in [1.54, 1.807) is 7.11 Å². The molecule has 0 radical (unpaired) electrons. The minimum Gasteiger partial charge on any atom is -0.489 e. The van der Waals surface area contributed by atoms with E-state index in [-0.39, 0.29) is 12.7 Å². The first-order valence-corrected chi connectivity index (χ1v) is 5.40. The van der Waals surface area contributed by atoms with Gasteiger partial charge in [0.1, 0.15) is 11.4 Å². The second-order valence-electron chi connectivity index (χ2n) is 3.77. The molecular weight excluding hydrogens is 206 g/mol. The number of hydrogen-bond acceptors (Lipinski definition) is 4. The molecule has 1 aromatic rings. The van der Waals surface area contributed by atoms with Crippen molar-refractivity contribution < 1.29 is 14.6 Å². The summed E-state index contributed by atoms with van der Waals surface area (Å²) >= 11 is 0. The van der Waals surface area contributed by atoms with E-state index in [1.165, 1.54) is 0 Å². The van der Waals surface area contributed by atoms with Gasteiger partial charge in [-0.1, -0.05) is 0 Å². The third-order valence-corrected chi connectivity index (χ3v) is 2.28. The molecule has 0 saturated carbocycles. The molecule has 4 heteroatoms. The smallest absolute Gasteiger partial charge is 0.143 e. The molecule has 0 fully saturated rings. The molecule has 0 bridgehead atoms. The fourth-order valence-electron chi connectivity index (χ4n) is 1.38. The lowest BCUT2D eigenvalue weighted by molar-refractivity contribution is 0.132. The Balaban J connectivity index is 2.65. The number of aliphatic hydroxyl groups excluding tert-OH is 1. The molecule has 1 aromatic heterocycles. The summed E-state index contributed by atoms with van der Waals surface area (Å²) in [6, 6.07) is 3.72. The molecule has 1 N–H and O–H groups in total. The van der Waals surface area contributed by atoms with Crippen LogP contribution in [0.3, 0.4) is 0 Å². The number of aryl methyl sites for hydroxylation is 1. The molecule has 0 amide bonds. The lowest BCUT2D eigenvalue weighted by Crippen LogP contribution is -2.15. The van der Waals surface area contributed by atoms with Gasteiger partial charge in [-0.05, 0) is 26.0 Å². The highest BCUT2D eigenvalue weighted by molar-refractivity contribution is 5.28. The van der Waals surface area contributed by atoms with Crippen LogP contribution in [0.2, 0.25) is 0 Å². The Morgan fingerprint density at radius 2 is 2.19 bits per heavy atom. The van der Waals surface area contributed by atoms with Crippen LogP contribution in [0.15, 0.2) is 12.1 Å². The van der Waals surface area contributed by atoms with Crippen molar-refractivity contribution in [3.8, 4) is 5.75 Å². The number of hydrogen-bond donors (Lipinski definition) is 1. The van der Waals surface area contributed by atoms with Crippen LogP contribution < -0.4 is 4.74 Å². The maximum absolute atomic E-state index is 9.16. The fraction of sp³-hybridized carbons (Fsp3) is 0.583. The summed E-state index contributed by atoms with van der Waals surface area (Å²) in [6.45, 7) is 4.42. The Kier molecular flexibility index (Phi) is 5.22.